The van der Waals surface area contributed by atoms with Crippen molar-refractivity contribution >= 4 is 27.5 Å². The monoisotopic (exact) mass is 293 g/mol. The Balaban J connectivity index is 2.09. The Morgan fingerprint density at radius 3 is 2.50 bits per heavy atom. The first-order valence-corrected chi connectivity index (χ1v) is 7.60. The second-order valence-electron chi connectivity index (χ2n) is 6.19. The van der Waals surface area contributed by atoms with Gasteiger partial charge in [0.25, 0.3) is 5.56 Å². The van der Waals surface area contributed by atoms with Gasteiger partial charge in [-0.25, -0.2) is 0 Å². The third-order valence-corrected chi connectivity index (χ3v) is 3.83. The average molecular weight is 293 g/mol. The number of carbonyl (C=O) groups is 1. The maximum atomic E-state index is 12.1. The molecule has 0 saturated carbocycles. The molecule has 0 aliphatic rings. The largest absolute Gasteiger partial charge is 0.321 e. The van der Waals surface area contributed by atoms with Crippen LogP contribution < -0.4 is 5.56 Å². The number of hydrogen-bond donors (Lipinski definition) is 1. The quantitative estimate of drug-likeness (QED) is 0.743. The van der Waals surface area contributed by atoms with Crippen molar-refractivity contribution in [3.05, 3.63) is 58.4 Å². The van der Waals surface area contributed by atoms with Crippen molar-refractivity contribution in [2.45, 2.75) is 26.7 Å². The molecule has 0 radical (unpaired) electrons. The number of Topliss-reactive ketones (excluding diaryl/α,β-unsaturated/α-hetero) is 1. The van der Waals surface area contributed by atoms with Crippen molar-refractivity contribution < 1.29 is 4.79 Å². The smallest absolute Gasteiger partial charge is 0.256 e. The van der Waals surface area contributed by atoms with Crippen LogP contribution in [0.3, 0.4) is 0 Å². The van der Waals surface area contributed by atoms with Crippen molar-refractivity contribution in [3.63, 3.8) is 0 Å². The van der Waals surface area contributed by atoms with Crippen LogP contribution in [0.15, 0.2) is 47.3 Å². The molecule has 1 heterocycles. The first kappa shape index (κ1) is 14.5. The van der Waals surface area contributed by atoms with Crippen LogP contribution in [0.5, 0.6) is 0 Å². The third-order valence-electron chi connectivity index (χ3n) is 3.83. The molecule has 3 heteroatoms. The minimum absolute atomic E-state index is 0.0771. The fourth-order valence-corrected chi connectivity index (χ4v) is 2.89. The lowest BCUT2D eigenvalue weighted by molar-refractivity contribution is -0.119. The van der Waals surface area contributed by atoms with E-state index in [2.05, 4.69) is 18.8 Å². The van der Waals surface area contributed by atoms with Crippen LogP contribution in [0.1, 0.15) is 25.8 Å². The summed E-state index contributed by atoms with van der Waals surface area (Å²) in [7, 11) is 0. The summed E-state index contributed by atoms with van der Waals surface area (Å²) in [5.74, 6) is 0.633. The Morgan fingerprint density at radius 2 is 1.77 bits per heavy atom. The van der Waals surface area contributed by atoms with Gasteiger partial charge in [0.05, 0.1) is 0 Å². The van der Waals surface area contributed by atoms with Gasteiger partial charge in [-0.05, 0) is 35.1 Å². The molecule has 0 atom stereocenters. The molecule has 0 unspecified atom stereocenters. The van der Waals surface area contributed by atoms with E-state index in [1.807, 2.05) is 42.5 Å². The van der Waals surface area contributed by atoms with Gasteiger partial charge in [-0.3, -0.25) is 9.59 Å². The zero-order chi connectivity index (χ0) is 15.7. The molecule has 3 rings (SSSR count). The summed E-state index contributed by atoms with van der Waals surface area (Å²) in [5.41, 5.74) is 1.73. The second-order valence-corrected chi connectivity index (χ2v) is 6.19. The number of aromatic nitrogens is 1. The molecule has 1 N–H and O–H groups in total. The lowest BCUT2D eigenvalue weighted by Gasteiger charge is -2.07. The maximum Gasteiger partial charge on any atom is 0.256 e. The molecule has 3 nitrogen and oxygen atoms in total. The normalized spacial score (nSPS) is 11.4. The van der Waals surface area contributed by atoms with Gasteiger partial charge in [0.2, 0.25) is 0 Å². The minimum Gasteiger partial charge on any atom is -0.321 e. The van der Waals surface area contributed by atoms with Gasteiger partial charge in [0, 0.05) is 29.1 Å². The van der Waals surface area contributed by atoms with Crippen molar-refractivity contribution in [3.8, 4) is 0 Å². The Hall–Kier alpha value is -2.42. The Labute approximate surface area is 129 Å². The van der Waals surface area contributed by atoms with E-state index >= 15 is 0 Å². The summed E-state index contributed by atoms with van der Waals surface area (Å²) in [5, 5.41) is 2.60. The van der Waals surface area contributed by atoms with E-state index in [0.29, 0.717) is 24.1 Å². The maximum absolute atomic E-state index is 12.1. The molecular formula is C19H19NO2. The average Bonchev–Trinajstić information content (AvgIpc) is 2.47. The topological polar surface area (TPSA) is 49.9 Å². The van der Waals surface area contributed by atoms with Crippen LogP contribution in [0.4, 0.5) is 0 Å². The van der Waals surface area contributed by atoms with Crippen LogP contribution >= 0.6 is 0 Å². The van der Waals surface area contributed by atoms with Gasteiger partial charge in [0.15, 0.2) is 0 Å². The molecule has 0 bridgehead atoms. The number of carbonyl (C=O) groups excluding carboxylic acids is 1. The molecule has 2 aromatic carbocycles. The molecule has 0 fully saturated rings. The number of aromatic amines is 1. The first-order valence-electron chi connectivity index (χ1n) is 7.60. The highest BCUT2D eigenvalue weighted by Crippen LogP contribution is 2.22. The highest BCUT2D eigenvalue weighted by molar-refractivity contribution is 6.05. The van der Waals surface area contributed by atoms with E-state index in [0.717, 1.165) is 21.9 Å². The molecule has 0 spiro atoms. The molecule has 22 heavy (non-hydrogen) atoms. The van der Waals surface area contributed by atoms with E-state index in [1.54, 1.807) is 0 Å². The Bertz CT molecular complexity index is 906. The molecular weight excluding hydrogens is 274 g/mol. The number of pyridine rings is 1. The Morgan fingerprint density at radius 1 is 1.05 bits per heavy atom. The van der Waals surface area contributed by atoms with Crippen LogP contribution in [-0.2, 0) is 11.2 Å². The van der Waals surface area contributed by atoms with Crippen molar-refractivity contribution in [1.82, 2.24) is 4.98 Å². The molecule has 0 amide bonds. The summed E-state index contributed by atoms with van der Waals surface area (Å²) in [6.07, 6.45) is 1.05. The highest BCUT2D eigenvalue weighted by Gasteiger charge is 2.09. The van der Waals surface area contributed by atoms with Crippen LogP contribution in [0.25, 0.3) is 21.7 Å². The van der Waals surface area contributed by atoms with Gasteiger partial charge in [0.1, 0.15) is 5.78 Å². The summed E-state index contributed by atoms with van der Waals surface area (Å²) >= 11 is 0. The lowest BCUT2D eigenvalue weighted by Crippen LogP contribution is -2.08. The number of H-pyrrole nitrogens is 1. The summed E-state index contributed by atoms with van der Waals surface area (Å²) < 4.78 is 0. The van der Waals surface area contributed by atoms with Crippen molar-refractivity contribution in [2.24, 2.45) is 5.92 Å². The van der Waals surface area contributed by atoms with Gasteiger partial charge < -0.3 is 4.98 Å². The zero-order valence-electron chi connectivity index (χ0n) is 12.8. The fraction of sp³-hybridized carbons (Fsp3) is 0.263. The highest BCUT2D eigenvalue weighted by atomic mass is 16.1. The number of benzene rings is 2. The fourth-order valence-electron chi connectivity index (χ4n) is 2.89. The summed E-state index contributed by atoms with van der Waals surface area (Å²) in [4.78, 5) is 27.0. The number of hydrogen-bond acceptors (Lipinski definition) is 2. The number of nitrogens with one attached hydrogen (secondary N) is 1. The second kappa shape index (κ2) is 5.76. The van der Waals surface area contributed by atoms with E-state index < -0.39 is 0 Å². The SMILES string of the molecule is CC(C)CC(=O)Cc1ccc2[nH]c(=O)c3ccccc3c2c1. The van der Waals surface area contributed by atoms with Crippen LogP contribution in [-0.4, -0.2) is 10.8 Å². The summed E-state index contributed by atoms with van der Waals surface area (Å²) in [6.45, 7) is 4.10. The Kier molecular flexibility index (Phi) is 3.80. The molecule has 0 aliphatic heterocycles. The summed E-state index contributed by atoms with van der Waals surface area (Å²) in [6, 6.07) is 13.4. The van der Waals surface area contributed by atoms with Crippen LogP contribution in [0, 0.1) is 5.92 Å². The lowest BCUT2D eigenvalue weighted by atomic mass is 9.98. The molecule has 0 saturated heterocycles. The van der Waals surface area contributed by atoms with Gasteiger partial charge >= 0.3 is 0 Å². The number of fused-ring (bicyclic) bond motifs is 3. The van der Waals surface area contributed by atoms with E-state index in [1.165, 1.54) is 0 Å². The number of ketones is 1. The minimum atomic E-state index is -0.0771. The van der Waals surface area contributed by atoms with E-state index in [-0.39, 0.29) is 11.3 Å². The van der Waals surface area contributed by atoms with Crippen molar-refractivity contribution in [1.29, 1.82) is 0 Å². The first-order chi connectivity index (χ1) is 10.5. The molecule has 1 aromatic heterocycles. The van der Waals surface area contributed by atoms with Crippen molar-refractivity contribution in [2.75, 3.05) is 0 Å². The van der Waals surface area contributed by atoms with Gasteiger partial charge in [-0.2, -0.15) is 0 Å². The predicted molar refractivity (Wildman–Crippen MR) is 90.2 cm³/mol. The van der Waals surface area contributed by atoms with Gasteiger partial charge in [-0.15, -0.1) is 0 Å². The van der Waals surface area contributed by atoms with E-state index in [4.69, 9.17) is 0 Å². The third kappa shape index (κ3) is 2.80. The molecule has 112 valence electrons. The molecule has 3 aromatic rings. The number of rotatable bonds is 4. The zero-order valence-corrected chi connectivity index (χ0v) is 12.8. The van der Waals surface area contributed by atoms with E-state index in [9.17, 15) is 9.59 Å². The van der Waals surface area contributed by atoms with Gasteiger partial charge in [-0.1, -0.05) is 38.1 Å². The molecule has 0 aliphatic carbocycles. The predicted octanol–water partition coefficient (Wildman–Crippen LogP) is 3.84. The standard InChI is InChI=1S/C19H19NO2/c1-12(2)9-14(21)10-13-7-8-18-17(11-13)15-5-3-4-6-16(15)19(22)20-18/h3-8,11-12H,9-10H2,1-2H3,(H,20,22). The van der Waals surface area contributed by atoms with Crippen LogP contribution in [0.2, 0.25) is 0 Å².